The van der Waals surface area contributed by atoms with Crippen LogP contribution >= 0.6 is 0 Å². The number of hydrogen-bond acceptors (Lipinski definition) is 3. The molecule has 0 radical (unpaired) electrons. The molecule has 1 heterocycles. The van der Waals surface area contributed by atoms with E-state index in [1.165, 1.54) is 6.08 Å². The Balaban J connectivity index is 2.63. The van der Waals surface area contributed by atoms with Gasteiger partial charge in [-0.25, -0.2) is 8.42 Å². The van der Waals surface area contributed by atoms with E-state index in [2.05, 4.69) is 6.58 Å². The predicted octanol–water partition coefficient (Wildman–Crippen LogP) is 0.140. The number of sulfonamides is 1. The van der Waals surface area contributed by atoms with Crippen LogP contribution in [0.3, 0.4) is 0 Å². The maximum Gasteiger partial charge on any atom is 0.239 e. The van der Waals surface area contributed by atoms with Gasteiger partial charge in [-0.15, -0.1) is 6.58 Å². The van der Waals surface area contributed by atoms with Crippen molar-refractivity contribution in [3.63, 3.8) is 0 Å². The molecule has 0 N–H and O–H groups in total. The predicted molar refractivity (Wildman–Crippen MR) is 41.3 cm³/mol. The van der Waals surface area contributed by atoms with E-state index in [0.29, 0.717) is 13.2 Å². The molecule has 64 valence electrons. The highest BCUT2D eigenvalue weighted by Crippen LogP contribution is 2.10. The Bertz CT molecular complexity index is 228. The molecule has 4 nitrogen and oxygen atoms in total. The Morgan fingerprint density at radius 3 is 2.82 bits per heavy atom. The van der Waals surface area contributed by atoms with Crippen LogP contribution in [0.2, 0.25) is 0 Å². The molecule has 1 fully saturated rings. The molecule has 5 heteroatoms. The monoisotopic (exact) mass is 177 g/mol. The highest BCUT2D eigenvalue weighted by Gasteiger charge is 2.24. The van der Waals surface area contributed by atoms with E-state index in [1.54, 1.807) is 0 Å². The zero-order valence-electron chi connectivity index (χ0n) is 6.19. The van der Waals surface area contributed by atoms with E-state index in [1.807, 2.05) is 0 Å². The fraction of sp³-hybridized carbons (Fsp3) is 0.667. The second-order valence-corrected chi connectivity index (χ2v) is 4.18. The van der Waals surface area contributed by atoms with Gasteiger partial charge in [0.2, 0.25) is 10.0 Å². The fourth-order valence-corrected chi connectivity index (χ4v) is 1.98. The number of hydroxylamine groups is 1. The van der Waals surface area contributed by atoms with Crippen molar-refractivity contribution in [2.45, 2.75) is 6.42 Å². The van der Waals surface area contributed by atoms with Crippen molar-refractivity contribution in [3.05, 3.63) is 12.7 Å². The minimum Gasteiger partial charge on any atom is -0.284 e. The first-order valence-electron chi connectivity index (χ1n) is 3.41. The first kappa shape index (κ1) is 8.70. The zero-order chi connectivity index (χ0) is 8.32. The third-order valence-corrected chi connectivity index (χ3v) is 2.92. The Hall–Kier alpha value is -0.390. The topological polar surface area (TPSA) is 46.6 Å². The molecule has 0 spiro atoms. The molecule has 1 saturated heterocycles. The van der Waals surface area contributed by atoms with Crippen molar-refractivity contribution in [1.29, 1.82) is 0 Å². The summed E-state index contributed by atoms with van der Waals surface area (Å²) < 4.78 is 23.4. The van der Waals surface area contributed by atoms with E-state index < -0.39 is 10.0 Å². The lowest BCUT2D eigenvalue weighted by Crippen LogP contribution is -2.28. The van der Waals surface area contributed by atoms with Crippen molar-refractivity contribution in [2.24, 2.45) is 0 Å². The minimum absolute atomic E-state index is 0.0486. The van der Waals surface area contributed by atoms with Crippen LogP contribution in [0, 0.1) is 0 Å². The first-order valence-corrected chi connectivity index (χ1v) is 5.02. The fourth-order valence-electron chi connectivity index (χ4n) is 0.876. The van der Waals surface area contributed by atoms with Crippen molar-refractivity contribution in [1.82, 2.24) is 4.47 Å². The zero-order valence-corrected chi connectivity index (χ0v) is 7.01. The maximum atomic E-state index is 11.2. The molecule has 0 aromatic carbocycles. The van der Waals surface area contributed by atoms with Crippen LogP contribution < -0.4 is 0 Å². The van der Waals surface area contributed by atoms with E-state index >= 15 is 0 Å². The lowest BCUT2D eigenvalue weighted by molar-refractivity contribution is -0.0281. The Morgan fingerprint density at radius 2 is 2.36 bits per heavy atom. The standard InChI is InChI=1S/C6H11NO3S/c1-2-6-11(8,9)7-4-3-5-10-7/h2H,1,3-6H2. The smallest absolute Gasteiger partial charge is 0.239 e. The first-order chi connectivity index (χ1) is 5.17. The summed E-state index contributed by atoms with van der Waals surface area (Å²) in [5.41, 5.74) is 0. The lowest BCUT2D eigenvalue weighted by Gasteiger charge is -2.11. The largest absolute Gasteiger partial charge is 0.284 e. The van der Waals surface area contributed by atoms with Gasteiger partial charge >= 0.3 is 0 Å². The maximum absolute atomic E-state index is 11.2. The van der Waals surface area contributed by atoms with E-state index in [-0.39, 0.29) is 5.75 Å². The third kappa shape index (κ3) is 2.02. The van der Waals surface area contributed by atoms with Gasteiger partial charge in [0.05, 0.1) is 12.4 Å². The highest BCUT2D eigenvalue weighted by molar-refractivity contribution is 7.89. The normalized spacial score (nSPS) is 20.4. The summed E-state index contributed by atoms with van der Waals surface area (Å²) in [6, 6.07) is 0. The number of nitrogens with zero attached hydrogens (tertiary/aromatic N) is 1. The highest BCUT2D eigenvalue weighted by atomic mass is 32.2. The molecule has 1 aliphatic rings. The van der Waals surface area contributed by atoms with Gasteiger partial charge in [-0.1, -0.05) is 10.5 Å². The molecule has 0 aromatic heterocycles. The van der Waals surface area contributed by atoms with E-state index in [0.717, 1.165) is 10.9 Å². The average molecular weight is 177 g/mol. The summed E-state index contributed by atoms with van der Waals surface area (Å²) in [5, 5.41) is 0. The van der Waals surface area contributed by atoms with Crippen LogP contribution in [0.5, 0.6) is 0 Å². The molecular weight excluding hydrogens is 166 g/mol. The summed E-state index contributed by atoms with van der Waals surface area (Å²) in [7, 11) is -3.22. The van der Waals surface area contributed by atoms with Crippen molar-refractivity contribution in [3.8, 4) is 0 Å². The molecule has 0 amide bonds. The van der Waals surface area contributed by atoms with Gasteiger partial charge < -0.3 is 0 Å². The third-order valence-electron chi connectivity index (χ3n) is 1.36. The molecule has 0 aromatic rings. The second kappa shape index (κ2) is 3.34. The Morgan fingerprint density at radius 1 is 1.64 bits per heavy atom. The summed E-state index contributed by atoms with van der Waals surface area (Å²) in [4.78, 5) is 4.87. The molecule has 0 saturated carbocycles. The molecule has 1 aliphatic heterocycles. The van der Waals surface area contributed by atoms with Crippen LogP contribution in [0.25, 0.3) is 0 Å². The van der Waals surface area contributed by atoms with E-state index in [4.69, 9.17) is 4.84 Å². The average Bonchev–Trinajstić information content (AvgIpc) is 2.37. The molecular formula is C6H11NO3S. The van der Waals surface area contributed by atoms with Crippen LogP contribution in [0.15, 0.2) is 12.7 Å². The lowest BCUT2D eigenvalue weighted by atomic mass is 10.5. The second-order valence-electron chi connectivity index (χ2n) is 2.28. The Labute approximate surface area is 66.5 Å². The molecule has 0 aliphatic carbocycles. The van der Waals surface area contributed by atoms with E-state index in [9.17, 15) is 8.42 Å². The summed E-state index contributed by atoms with van der Waals surface area (Å²) in [6.45, 7) is 4.32. The summed E-state index contributed by atoms with van der Waals surface area (Å²) in [6.07, 6.45) is 2.13. The molecule has 0 unspecified atom stereocenters. The number of rotatable bonds is 3. The van der Waals surface area contributed by atoms with Gasteiger partial charge in [0, 0.05) is 6.54 Å². The van der Waals surface area contributed by atoms with Gasteiger partial charge in [-0.2, -0.15) is 0 Å². The van der Waals surface area contributed by atoms with Crippen LogP contribution in [-0.4, -0.2) is 31.8 Å². The van der Waals surface area contributed by atoms with Gasteiger partial charge in [0.25, 0.3) is 0 Å². The molecule has 11 heavy (non-hydrogen) atoms. The summed E-state index contributed by atoms with van der Waals surface area (Å²) in [5.74, 6) is -0.0486. The van der Waals surface area contributed by atoms with Gasteiger partial charge in [-0.05, 0) is 6.42 Å². The quantitative estimate of drug-likeness (QED) is 0.576. The van der Waals surface area contributed by atoms with Crippen molar-refractivity contribution < 1.29 is 13.3 Å². The van der Waals surface area contributed by atoms with Gasteiger partial charge in [0.15, 0.2) is 0 Å². The SMILES string of the molecule is C=CCS(=O)(=O)N1CCCO1. The summed E-state index contributed by atoms with van der Waals surface area (Å²) >= 11 is 0. The minimum atomic E-state index is -3.22. The number of hydrogen-bond donors (Lipinski definition) is 0. The molecule has 1 rings (SSSR count). The van der Waals surface area contributed by atoms with Crippen molar-refractivity contribution in [2.75, 3.05) is 18.9 Å². The van der Waals surface area contributed by atoms with Crippen LogP contribution in [0.4, 0.5) is 0 Å². The van der Waals surface area contributed by atoms with Crippen LogP contribution in [0.1, 0.15) is 6.42 Å². The van der Waals surface area contributed by atoms with Gasteiger partial charge in [-0.3, -0.25) is 4.84 Å². The van der Waals surface area contributed by atoms with Crippen molar-refractivity contribution >= 4 is 10.0 Å². The van der Waals surface area contributed by atoms with Gasteiger partial charge in [0.1, 0.15) is 0 Å². The van der Waals surface area contributed by atoms with Crippen LogP contribution in [-0.2, 0) is 14.9 Å². The molecule has 0 atom stereocenters. The Kier molecular flexibility index (Phi) is 2.64. The molecule has 0 bridgehead atoms.